The van der Waals surface area contributed by atoms with Crippen molar-refractivity contribution < 1.29 is 14.3 Å². The maximum Gasteiger partial charge on any atom is 0.248 e. The average molecular weight is 294 g/mol. The van der Waals surface area contributed by atoms with Gasteiger partial charge in [-0.25, -0.2) is 4.39 Å². The molecule has 1 amide bonds. The van der Waals surface area contributed by atoms with E-state index in [4.69, 9.17) is 5.73 Å². The summed E-state index contributed by atoms with van der Waals surface area (Å²) in [5, 5.41) is 12.9. The molecule has 1 aliphatic rings. The van der Waals surface area contributed by atoms with Gasteiger partial charge >= 0.3 is 0 Å². The largest absolute Gasteiger partial charge is 0.396 e. The highest BCUT2D eigenvalue weighted by Crippen LogP contribution is 2.35. The van der Waals surface area contributed by atoms with Gasteiger partial charge in [0.05, 0.1) is 0 Å². The number of aliphatic hydroxyl groups is 1. The molecule has 1 aromatic rings. The normalized spacial score (nSPS) is 17.6. The van der Waals surface area contributed by atoms with Crippen molar-refractivity contribution in [3.8, 4) is 0 Å². The summed E-state index contributed by atoms with van der Waals surface area (Å²) in [4.78, 5) is 11.1. The number of halogens is 1. The van der Waals surface area contributed by atoms with Gasteiger partial charge in [-0.2, -0.15) is 0 Å². The summed E-state index contributed by atoms with van der Waals surface area (Å²) < 4.78 is 13.7. The van der Waals surface area contributed by atoms with Crippen LogP contribution in [0.15, 0.2) is 18.2 Å². The highest BCUT2D eigenvalue weighted by Gasteiger charge is 2.30. The van der Waals surface area contributed by atoms with Crippen molar-refractivity contribution in [2.24, 2.45) is 11.1 Å². The van der Waals surface area contributed by atoms with Crippen LogP contribution < -0.4 is 11.1 Å². The molecular formula is C16H23FN2O2. The second kappa shape index (κ2) is 7.00. The van der Waals surface area contributed by atoms with E-state index in [9.17, 15) is 14.3 Å². The van der Waals surface area contributed by atoms with E-state index in [-0.39, 0.29) is 17.8 Å². The first-order valence-corrected chi connectivity index (χ1v) is 7.46. The van der Waals surface area contributed by atoms with Gasteiger partial charge in [0.15, 0.2) is 0 Å². The first kappa shape index (κ1) is 15.9. The maximum atomic E-state index is 13.7. The molecule has 5 heteroatoms. The molecule has 0 radical (unpaired) electrons. The van der Waals surface area contributed by atoms with Crippen LogP contribution in [0.2, 0.25) is 0 Å². The van der Waals surface area contributed by atoms with Crippen LogP contribution in [0.1, 0.15) is 48.0 Å². The molecule has 0 aromatic heterocycles. The topological polar surface area (TPSA) is 75.4 Å². The molecule has 4 N–H and O–H groups in total. The van der Waals surface area contributed by atoms with E-state index in [1.54, 1.807) is 0 Å². The Morgan fingerprint density at radius 3 is 2.67 bits per heavy atom. The third kappa shape index (κ3) is 4.02. The van der Waals surface area contributed by atoms with Crippen molar-refractivity contribution in [2.45, 2.75) is 38.6 Å². The second-order valence-corrected chi connectivity index (χ2v) is 5.99. The maximum absolute atomic E-state index is 13.7. The lowest BCUT2D eigenvalue weighted by atomic mass is 9.74. The zero-order valence-electron chi connectivity index (χ0n) is 12.2. The van der Waals surface area contributed by atoms with Gasteiger partial charge in [-0.05, 0) is 31.0 Å². The Labute approximate surface area is 124 Å². The molecule has 0 bridgehead atoms. The van der Waals surface area contributed by atoms with E-state index < -0.39 is 5.91 Å². The van der Waals surface area contributed by atoms with Crippen LogP contribution in [0.3, 0.4) is 0 Å². The summed E-state index contributed by atoms with van der Waals surface area (Å²) >= 11 is 0. The minimum atomic E-state index is -0.560. The number of aliphatic hydroxyl groups excluding tert-OH is 1. The van der Waals surface area contributed by atoms with Crippen molar-refractivity contribution in [1.82, 2.24) is 5.32 Å². The number of rotatable bonds is 6. The average Bonchev–Trinajstić information content (AvgIpc) is 2.50. The highest BCUT2D eigenvalue weighted by molar-refractivity contribution is 5.92. The lowest BCUT2D eigenvalue weighted by Gasteiger charge is -2.35. The van der Waals surface area contributed by atoms with Crippen LogP contribution in [0.25, 0.3) is 0 Å². The van der Waals surface area contributed by atoms with Gasteiger partial charge in [-0.15, -0.1) is 0 Å². The summed E-state index contributed by atoms with van der Waals surface area (Å²) in [6.45, 7) is 1.14. The molecular weight excluding hydrogens is 271 g/mol. The third-order valence-corrected chi connectivity index (χ3v) is 4.40. The fourth-order valence-electron chi connectivity index (χ4n) is 3.02. The Morgan fingerprint density at radius 2 is 2.05 bits per heavy atom. The molecule has 1 saturated carbocycles. The number of benzene rings is 1. The number of nitrogens with one attached hydrogen (secondary N) is 1. The molecule has 0 spiro atoms. The van der Waals surface area contributed by atoms with E-state index in [1.807, 2.05) is 0 Å². The van der Waals surface area contributed by atoms with Gasteiger partial charge in [0.1, 0.15) is 5.82 Å². The minimum Gasteiger partial charge on any atom is -0.396 e. The number of hydrogen-bond donors (Lipinski definition) is 3. The predicted molar refractivity (Wildman–Crippen MR) is 79.2 cm³/mol. The Hall–Kier alpha value is -1.46. The standard InChI is InChI=1S/C16H23FN2O2/c17-14-5-4-12(15(18)21)8-13(14)9-19-10-16(11-20)6-2-1-3-7-16/h4-5,8,19-20H,1-3,6-7,9-11H2,(H2,18,21). The molecule has 0 aliphatic heterocycles. The van der Waals surface area contributed by atoms with Gasteiger partial charge in [-0.1, -0.05) is 19.3 Å². The Bertz CT molecular complexity index is 499. The monoisotopic (exact) mass is 294 g/mol. The Kier molecular flexibility index (Phi) is 5.31. The quantitative estimate of drug-likeness (QED) is 0.750. The summed E-state index contributed by atoms with van der Waals surface area (Å²) in [6, 6.07) is 4.13. The molecule has 0 heterocycles. The summed E-state index contributed by atoms with van der Waals surface area (Å²) in [5.41, 5.74) is 5.85. The zero-order chi connectivity index (χ0) is 15.3. The van der Waals surface area contributed by atoms with Crippen LogP contribution in [0.4, 0.5) is 4.39 Å². The Morgan fingerprint density at radius 1 is 1.33 bits per heavy atom. The molecule has 1 fully saturated rings. The minimum absolute atomic E-state index is 0.0873. The summed E-state index contributed by atoms with van der Waals surface area (Å²) in [5.74, 6) is -0.912. The first-order valence-electron chi connectivity index (χ1n) is 7.46. The predicted octanol–water partition coefficient (Wildman–Crippen LogP) is 1.96. The van der Waals surface area contributed by atoms with Crippen LogP contribution >= 0.6 is 0 Å². The molecule has 116 valence electrons. The van der Waals surface area contributed by atoms with Crippen molar-refractivity contribution in [3.05, 3.63) is 35.1 Å². The number of nitrogens with two attached hydrogens (primary N) is 1. The van der Waals surface area contributed by atoms with Gasteiger partial charge in [0.25, 0.3) is 0 Å². The molecule has 21 heavy (non-hydrogen) atoms. The van der Waals surface area contributed by atoms with Crippen molar-refractivity contribution in [3.63, 3.8) is 0 Å². The number of carbonyl (C=O) groups excluding carboxylic acids is 1. The smallest absolute Gasteiger partial charge is 0.248 e. The van der Waals surface area contributed by atoms with Crippen molar-refractivity contribution in [2.75, 3.05) is 13.2 Å². The zero-order valence-corrected chi connectivity index (χ0v) is 12.2. The van der Waals surface area contributed by atoms with E-state index in [0.717, 1.165) is 25.7 Å². The lowest BCUT2D eigenvalue weighted by molar-refractivity contribution is 0.0810. The van der Waals surface area contributed by atoms with Gasteiger partial charge in [-0.3, -0.25) is 4.79 Å². The summed E-state index contributed by atoms with van der Waals surface area (Å²) in [7, 11) is 0. The highest BCUT2D eigenvalue weighted by atomic mass is 19.1. The van der Waals surface area contributed by atoms with Crippen LogP contribution in [0, 0.1) is 11.2 Å². The number of hydrogen-bond acceptors (Lipinski definition) is 3. The fraction of sp³-hybridized carbons (Fsp3) is 0.562. The second-order valence-electron chi connectivity index (χ2n) is 5.99. The fourth-order valence-corrected chi connectivity index (χ4v) is 3.02. The van der Waals surface area contributed by atoms with Gasteiger partial charge in [0.2, 0.25) is 5.91 Å². The van der Waals surface area contributed by atoms with Crippen LogP contribution in [0.5, 0.6) is 0 Å². The molecule has 0 unspecified atom stereocenters. The van der Waals surface area contributed by atoms with E-state index in [0.29, 0.717) is 24.2 Å². The first-order chi connectivity index (χ1) is 10.1. The van der Waals surface area contributed by atoms with E-state index in [1.165, 1.54) is 24.6 Å². The number of primary amides is 1. The van der Waals surface area contributed by atoms with Crippen LogP contribution in [-0.2, 0) is 6.54 Å². The molecule has 0 atom stereocenters. The molecule has 4 nitrogen and oxygen atoms in total. The van der Waals surface area contributed by atoms with Crippen molar-refractivity contribution in [1.29, 1.82) is 0 Å². The third-order valence-electron chi connectivity index (χ3n) is 4.40. The molecule has 0 saturated heterocycles. The van der Waals surface area contributed by atoms with E-state index >= 15 is 0 Å². The molecule has 1 aliphatic carbocycles. The number of carbonyl (C=O) groups is 1. The SMILES string of the molecule is NC(=O)c1ccc(F)c(CNCC2(CO)CCCCC2)c1. The lowest BCUT2D eigenvalue weighted by Crippen LogP contribution is -2.39. The van der Waals surface area contributed by atoms with E-state index in [2.05, 4.69) is 5.32 Å². The van der Waals surface area contributed by atoms with Crippen molar-refractivity contribution >= 4 is 5.91 Å². The van der Waals surface area contributed by atoms with Crippen LogP contribution in [-0.4, -0.2) is 24.2 Å². The molecule has 2 rings (SSSR count). The summed E-state index contributed by atoms with van der Waals surface area (Å²) in [6.07, 6.45) is 5.49. The number of amides is 1. The van der Waals surface area contributed by atoms with Gasteiger partial charge in [0, 0.05) is 36.2 Å². The van der Waals surface area contributed by atoms with Gasteiger partial charge < -0.3 is 16.2 Å². The molecule has 1 aromatic carbocycles. The Balaban J connectivity index is 1.96.